The van der Waals surface area contributed by atoms with E-state index in [2.05, 4.69) is 5.32 Å². The summed E-state index contributed by atoms with van der Waals surface area (Å²) in [4.78, 5) is 22.3. The molecule has 1 aromatic carbocycles. The molecule has 0 bridgehead atoms. The van der Waals surface area contributed by atoms with Gasteiger partial charge in [-0.25, -0.2) is 9.18 Å². The Bertz CT molecular complexity index is 463. The Balaban J connectivity index is 2.86. The molecular weight excluding hydrogens is 239 g/mol. The van der Waals surface area contributed by atoms with Gasteiger partial charge in [-0.1, -0.05) is 13.3 Å². The van der Waals surface area contributed by atoms with E-state index in [1.807, 2.05) is 6.92 Å². The predicted molar refractivity (Wildman–Crippen MR) is 64.9 cm³/mol. The van der Waals surface area contributed by atoms with Crippen LogP contribution in [0.25, 0.3) is 0 Å². The number of anilines is 1. The Labute approximate surface area is 104 Å². The maximum Gasteiger partial charge on any atom is 0.335 e. The molecule has 0 aromatic heterocycles. The van der Waals surface area contributed by atoms with Gasteiger partial charge in [-0.15, -0.1) is 0 Å². The second-order valence-electron chi connectivity index (χ2n) is 3.88. The van der Waals surface area contributed by atoms with Crippen molar-refractivity contribution in [1.29, 1.82) is 0 Å². The van der Waals surface area contributed by atoms with Gasteiger partial charge < -0.3 is 16.2 Å². The molecule has 0 saturated carbocycles. The van der Waals surface area contributed by atoms with E-state index in [0.717, 1.165) is 24.6 Å². The van der Waals surface area contributed by atoms with Gasteiger partial charge >= 0.3 is 5.97 Å². The number of aromatic carboxylic acids is 1. The number of hydrogen-bond acceptors (Lipinski definition) is 3. The molecule has 1 rings (SSSR count). The highest BCUT2D eigenvalue weighted by molar-refractivity contribution is 5.96. The smallest absolute Gasteiger partial charge is 0.335 e. The van der Waals surface area contributed by atoms with Crippen molar-refractivity contribution in [3.8, 4) is 0 Å². The van der Waals surface area contributed by atoms with Crippen LogP contribution in [0.2, 0.25) is 0 Å². The lowest BCUT2D eigenvalue weighted by atomic mass is 10.1. The van der Waals surface area contributed by atoms with Crippen LogP contribution < -0.4 is 11.1 Å². The third kappa shape index (κ3) is 3.53. The highest BCUT2D eigenvalue weighted by atomic mass is 19.1. The average Bonchev–Trinajstić information content (AvgIpc) is 2.31. The normalized spacial score (nSPS) is 11.9. The third-order valence-corrected chi connectivity index (χ3v) is 2.41. The van der Waals surface area contributed by atoms with Crippen LogP contribution in [0.1, 0.15) is 30.1 Å². The van der Waals surface area contributed by atoms with Crippen LogP contribution in [0.4, 0.5) is 10.1 Å². The van der Waals surface area contributed by atoms with Crippen molar-refractivity contribution in [2.75, 3.05) is 5.32 Å². The van der Waals surface area contributed by atoms with E-state index < -0.39 is 23.7 Å². The Morgan fingerprint density at radius 1 is 1.50 bits per heavy atom. The van der Waals surface area contributed by atoms with E-state index in [9.17, 15) is 14.0 Å². The summed E-state index contributed by atoms with van der Waals surface area (Å²) in [5.74, 6) is -2.42. The van der Waals surface area contributed by atoms with Gasteiger partial charge in [0.15, 0.2) is 0 Å². The SMILES string of the molecule is CCC[C@H](N)C(=O)Nc1cc(C(=O)O)ccc1F. The van der Waals surface area contributed by atoms with Crippen LogP contribution in [0, 0.1) is 5.82 Å². The summed E-state index contributed by atoms with van der Waals surface area (Å²) < 4.78 is 13.4. The van der Waals surface area contributed by atoms with E-state index in [1.165, 1.54) is 0 Å². The van der Waals surface area contributed by atoms with E-state index in [1.54, 1.807) is 0 Å². The number of hydrogen-bond donors (Lipinski definition) is 3. The second-order valence-corrected chi connectivity index (χ2v) is 3.88. The van der Waals surface area contributed by atoms with E-state index in [0.29, 0.717) is 6.42 Å². The fourth-order valence-corrected chi connectivity index (χ4v) is 1.42. The zero-order valence-electron chi connectivity index (χ0n) is 9.94. The van der Waals surface area contributed by atoms with Crippen molar-refractivity contribution in [3.05, 3.63) is 29.6 Å². The lowest BCUT2D eigenvalue weighted by Gasteiger charge is -2.12. The van der Waals surface area contributed by atoms with Crippen LogP contribution >= 0.6 is 0 Å². The van der Waals surface area contributed by atoms with Gasteiger partial charge in [0.2, 0.25) is 5.91 Å². The fourth-order valence-electron chi connectivity index (χ4n) is 1.42. The van der Waals surface area contributed by atoms with Crippen molar-refractivity contribution in [3.63, 3.8) is 0 Å². The summed E-state index contributed by atoms with van der Waals surface area (Å²) in [7, 11) is 0. The predicted octanol–water partition coefficient (Wildman–Crippen LogP) is 1.59. The lowest BCUT2D eigenvalue weighted by Crippen LogP contribution is -2.35. The van der Waals surface area contributed by atoms with Crippen LogP contribution in [0.3, 0.4) is 0 Å². The molecule has 1 atom stereocenters. The number of rotatable bonds is 5. The summed E-state index contributed by atoms with van der Waals surface area (Å²) in [5.41, 5.74) is 5.30. The molecule has 0 radical (unpaired) electrons. The molecule has 0 aliphatic carbocycles. The van der Waals surface area contributed by atoms with Gasteiger partial charge in [-0.3, -0.25) is 4.79 Å². The second kappa shape index (κ2) is 6.11. The first kappa shape index (κ1) is 14.1. The molecule has 0 fully saturated rings. The van der Waals surface area contributed by atoms with E-state index in [-0.39, 0.29) is 11.3 Å². The number of carboxylic acid groups (broad SMARTS) is 1. The van der Waals surface area contributed by atoms with Gasteiger partial charge in [0.05, 0.1) is 17.3 Å². The van der Waals surface area contributed by atoms with Crippen LogP contribution in [-0.4, -0.2) is 23.0 Å². The summed E-state index contributed by atoms with van der Waals surface area (Å²) in [6.45, 7) is 1.87. The Kier molecular flexibility index (Phi) is 4.79. The summed E-state index contributed by atoms with van der Waals surface area (Å²) in [6.07, 6.45) is 1.21. The standard InChI is InChI=1S/C12H15FN2O3/c1-2-3-9(14)11(16)15-10-6-7(12(17)18)4-5-8(10)13/h4-6,9H,2-3,14H2,1H3,(H,15,16)(H,17,18)/t9-/m0/s1. The van der Waals surface area contributed by atoms with Crippen molar-refractivity contribution < 1.29 is 19.1 Å². The first-order valence-electron chi connectivity index (χ1n) is 5.55. The minimum atomic E-state index is -1.19. The molecule has 0 heterocycles. The molecule has 0 unspecified atom stereocenters. The number of amides is 1. The zero-order chi connectivity index (χ0) is 13.7. The highest BCUT2D eigenvalue weighted by Crippen LogP contribution is 2.16. The Morgan fingerprint density at radius 3 is 2.72 bits per heavy atom. The summed E-state index contributed by atoms with van der Waals surface area (Å²) >= 11 is 0. The quantitative estimate of drug-likeness (QED) is 0.744. The van der Waals surface area contributed by atoms with Gasteiger partial charge in [-0.05, 0) is 24.6 Å². The molecule has 1 aromatic rings. The van der Waals surface area contributed by atoms with E-state index >= 15 is 0 Å². The molecule has 0 saturated heterocycles. The van der Waals surface area contributed by atoms with Gasteiger partial charge in [0, 0.05) is 0 Å². The van der Waals surface area contributed by atoms with E-state index in [4.69, 9.17) is 10.8 Å². The first-order chi connectivity index (χ1) is 8.45. The molecule has 0 aliphatic heterocycles. The molecule has 0 aliphatic rings. The number of benzene rings is 1. The minimum absolute atomic E-state index is 0.101. The van der Waals surface area contributed by atoms with Gasteiger partial charge in [-0.2, -0.15) is 0 Å². The highest BCUT2D eigenvalue weighted by Gasteiger charge is 2.15. The Hall–Kier alpha value is -1.95. The van der Waals surface area contributed by atoms with Crippen molar-refractivity contribution in [2.45, 2.75) is 25.8 Å². The van der Waals surface area contributed by atoms with Crippen LogP contribution in [0.15, 0.2) is 18.2 Å². The number of nitrogens with two attached hydrogens (primary N) is 1. The molecule has 6 heteroatoms. The molecule has 5 nitrogen and oxygen atoms in total. The maximum absolute atomic E-state index is 13.4. The number of halogens is 1. The molecule has 0 spiro atoms. The van der Waals surface area contributed by atoms with Crippen molar-refractivity contribution in [2.24, 2.45) is 5.73 Å². The topological polar surface area (TPSA) is 92.4 Å². The number of carbonyl (C=O) groups is 2. The van der Waals surface area contributed by atoms with Crippen LogP contribution in [-0.2, 0) is 4.79 Å². The lowest BCUT2D eigenvalue weighted by molar-refractivity contribution is -0.117. The zero-order valence-corrected chi connectivity index (χ0v) is 9.94. The maximum atomic E-state index is 13.4. The fraction of sp³-hybridized carbons (Fsp3) is 0.333. The first-order valence-corrected chi connectivity index (χ1v) is 5.55. The van der Waals surface area contributed by atoms with Crippen molar-refractivity contribution in [1.82, 2.24) is 0 Å². The molecule has 4 N–H and O–H groups in total. The van der Waals surface area contributed by atoms with Gasteiger partial charge in [0.1, 0.15) is 5.82 Å². The molecule has 18 heavy (non-hydrogen) atoms. The van der Waals surface area contributed by atoms with Gasteiger partial charge in [0.25, 0.3) is 0 Å². The van der Waals surface area contributed by atoms with Crippen molar-refractivity contribution >= 4 is 17.6 Å². The number of carbonyl (C=O) groups excluding carboxylic acids is 1. The number of nitrogens with one attached hydrogen (secondary N) is 1. The average molecular weight is 254 g/mol. The van der Waals surface area contributed by atoms with Crippen LogP contribution in [0.5, 0.6) is 0 Å². The minimum Gasteiger partial charge on any atom is -0.478 e. The molecule has 98 valence electrons. The number of carboxylic acids is 1. The summed E-state index contributed by atoms with van der Waals surface area (Å²) in [5, 5.41) is 11.1. The Morgan fingerprint density at radius 2 is 2.17 bits per heavy atom. The largest absolute Gasteiger partial charge is 0.478 e. The monoisotopic (exact) mass is 254 g/mol. The molecular formula is C12H15FN2O3. The summed E-state index contributed by atoms with van der Waals surface area (Å²) in [6, 6.07) is 2.45. The molecule has 1 amide bonds. The third-order valence-electron chi connectivity index (χ3n) is 2.41.